The fourth-order valence-corrected chi connectivity index (χ4v) is 0.589. The molecule has 1 rings (SSSR count). The Labute approximate surface area is 50.3 Å². The van der Waals surface area contributed by atoms with Gasteiger partial charge in [0, 0.05) is 0 Å². The molecule has 0 saturated carbocycles. The van der Waals surface area contributed by atoms with Gasteiger partial charge in [-0.3, -0.25) is 0 Å². The number of tetrazole rings is 1. The number of nitrogens with two attached hydrogens (primary N) is 1. The molecular formula is CH3N5O2S. The first kappa shape index (κ1) is 6.11. The lowest BCUT2D eigenvalue weighted by atomic mass is 11.4. The Morgan fingerprint density at radius 3 is 2.44 bits per heavy atom. The highest BCUT2D eigenvalue weighted by Gasteiger charge is 2.10. The Morgan fingerprint density at radius 2 is 2.22 bits per heavy atom. The van der Waals surface area contributed by atoms with Crippen molar-refractivity contribution in [3.05, 3.63) is 0 Å². The second-order valence-electron chi connectivity index (χ2n) is 1.25. The zero-order valence-electron chi connectivity index (χ0n) is 4.14. The third-order valence-corrected chi connectivity index (χ3v) is 1.31. The highest BCUT2D eigenvalue weighted by atomic mass is 32.2. The Hall–Kier alpha value is -1.02. The Kier molecular flexibility index (Phi) is 1.18. The van der Waals surface area contributed by atoms with E-state index in [1.54, 1.807) is 0 Å². The van der Waals surface area contributed by atoms with Gasteiger partial charge in [-0.2, -0.15) is 0 Å². The van der Waals surface area contributed by atoms with Crippen molar-refractivity contribution < 1.29 is 8.42 Å². The van der Waals surface area contributed by atoms with Crippen LogP contribution in [0.15, 0.2) is 5.16 Å². The number of aromatic amines is 1. The van der Waals surface area contributed by atoms with Gasteiger partial charge in [-0.15, -0.1) is 0 Å². The molecule has 0 radical (unpaired) electrons. The number of aromatic nitrogens is 4. The Morgan fingerprint density at radius 1 is 1.56 bits per heavy atom. The predicted molar refractivity (Wildman–Crippen MR) is 25.6 cm³/mol. The lowest BCUT2D eigenvalue weighted by Gasteiger charge is -1.83. The van der Waals surface area contributed by atoms with Crippen LogP contribution in [0.5, 0.6) is 0 Å². The van der Waals surface area contributed by atoms with E-state index in [0.29, 0.717) is 0 Å². The molecule has 9 heavy (non-hydrogen) atoms. The SMILES string of the molecule is NS(=O)(=O)c1nnn[nH]1. The lowest BCUT2D eigenvalue weighted by molar-refractivity contribution is 0.589. The maximum Gasteiger partial charge on any atom is 0.280 e. The molecule has 0 aromatic carbocycles. The molecule has 1 aromatic heterocycles. The highest BCUT2D eigenvalue weighted by Crippen LogP contribution is 1.89. The molecule has 7 nitrogen and oxygen atoms in total. The summed E-state index contributed by atoms with van der Waals surface area (Å²) in [5, 5.41) is 15.2. The monoisotopic (exact) mass is 149 g/mol. The van der Waals surface area contributed by atoms with Gasteiger partial charge in [0.15, 0.2) is 0 Å². The van der Waals surface area contributed by atoms with Crippen LogP contribution < -0.4 is 5.14 Å². The minimum absolute atomic E-state index is 0.428. The largest absolute Gasteiger partial charge is 0.280 e. The highest BCUT2D eigenvalue weighted by molar-refractivity contribution is 7.89. The molecule has 0 aliphatic rings. The normalized spacial score (nSPS) is 11.7. The fraction of sp³-hybridized carbons (Fsp3) is 0. The Bertz CT molecular complexity index is 272. The Balaban J connectivity index is 3.20. The summed E-state index contributed by atoms with van der Waals surface area (Å²) in [4.78, 5) is 0. The van der Waals surface area contributed by atoms with Crippen molar-refractivity contribution in [2.24, 2.45) is 5.14 Å². The first-order valence-electron chi connectivity index (χ1n) is 1.87. The summed E-state index contributed by atoms with van der Waals surface area (Å²) in [6, 6.07) is 0. The van der Waals surface area contributed by atoms with Crippen molar-refractivity contribution in [1.29, 1.82) is 0 Å². The van der Waals surface area contributed by atoms with Gasteiger partial charge in [-0.05, 0) is 10.4 Å². The van der Waals surface area contributed by atoms with E-state index in [2.05, 4.69) is 20.7 Å². The summed E-state index contributed by atoms with van der Waals surface area (Å²) >= 11 is 0. The third-order valence-electron chi connectivity index (χ3n) is 0.595. The molecule has 0 aliphatic heterocycles. The predicted octanol–water partition coefficient (Wildman–Crippen LogP) is -2.15. The molecule has 0 spiro atoms. The standard InChI is InChI=1S/CH3N5O2S/c2-9(7,8)1-3-5-6-4-1/h(H2,2,7,8)(H,3,4,5,6). The van der Waals surface area contributed by atoms with Crippen LogP contribution in [-0.4, -0.2) is 29.0 Å². The summed E-state index contributed by atoms with van der Waals surface area (Å²) in [6.45, 7) is 0. The second kappa shape index (κ2) is 1.74. The van der Waals surface area contributed by atoms with Gasteiger partial charge in [0.05, 0.1) is 0 Å². The minimum Gasteiger partial charge on any atom is -0.229 e. The summed E-state index contributed by atoms with van der Waals surface area (Å²) < 4.78 is 20.6. The van der Waals surface area contributed by atoms with E-state index in [0.717, 1.165) is 0 Å². The first-order valence-corrected chi connectivity index (χ1v) is 3.42. The van der Waals surface area contributed by atoms with E-state index in [4.69, 9.17) is 0 Å². The molecule has 0 saturated heterocycles. The number of sulfonamides is 1. The van der Waals surface area contributed by atoms with Gasteiger partial charge in [0.1, 0.15) is 0 Å². The number of hydrogen-bond acceptors (Lipinski definition) is 5. The van der Waals surface area contributed by atoms with Crippen LogP contribution in [-0.2, 0) is 10.0 Å². The van der Waals surface area contributed by atoms with Crippen LogP contribution >= 0.6 is 0 Å². The van der Waals surface area contributed by atoms with Crippen molar-refractivity contribution in [3.8, 4) is 0 Å². The molecule has 0 fully saturated rings. The molecule has 3 N–H and O–H groups in total. The molecule has 8 heteroatoms. The number of nitrogens with one attached hydrogen (secondary N) is 1. The van der Waals surface area contributed by atoms with Crippen molar-refractivity contribution in [2.45, 2.75) is 5.16 Å². The van der Waals surface area contributed by atoms with Crippen LogP contribution in [0.2, 0.25) is 0 Å². The number of hydrogen-bond donors (Lipinski definition) is 2. The zero-order valence-corrected chi connectivity index (χ0v) is 4.96. The average Bonchev–Trinajstić information content (AvgIpc) is 2.08. The maximum atomic E-state index is 10.3. The van der Waals surface area contributed by atoms with Crippen LogP contribution in [0.25, 0.3) is 0 Å². The quantitative estimate of drug-likeness (QED) is 0.472. The maximum absolute atomic E-state index is 10.3. The summed E-state index contributed by atoms with van der Waals surface area (Å²) in [7, 11) is -3.75. The van der Waals surface area contributed by atoms with Crippen molar-refractivity contribution in [2.75, 3.05) is 0 Å². The van der Waals surface area contributed by atoms with E-state index in [1.165, 1.54) is 0 Å². The van der Waals surface area contributed by atoms with E-state index >= 15 is 0 Å². The number of primary sulfonamides is 1. The summed E-state index contributed by atoms with van der Waals surface area (Å²) in [5.41, 5.74) is 0. The van der Waals surface area contributed by atoms with E-state index in [1.807, 2.05) is 5.10 Å². The van der Waals surface area contributed by atoms with Gasteiger partial charge in [0.2, 0.25) is 0 Å². The van der Waals surface area contributed by atoms with Gasteiger partial charge < -0.3 is 0 Å². The minimum atomic E-state index is -3.75. The van der Waals surface area contributed by atoms with E-state index in [-0.39, 0.29) is 0 Å². The van der Waals surface area contributed by atoms with E-state index in [9.17, 15) is 8.42 Å². The fourth-order valence-electron chi connectivity index (χ4n) is 0.271. The van der Waals surface area contributed by atoms with Gasteiger partial charge in [0.25, 0.3) is 15.2 Å². The molecule has 1 heterocycles. The number of H-pyrrole nitrogens is 1. The molecule has 1 aromatic rings. The zero-order chi connectivity index (χ0) is 6.91. The molecule has 0 bridgehead atoms. The second-order valence-corrected chi connectivity index (χ2v) is 2.73. The summed E-state index contributed by atoms with van der Waals surface area (Å²) in [5.74, 6) is 0. The molecule has 0 amide bonds. The summed E-state index contributed by atoms with van der Waals surface area (Å²) in [6.07, 6.45) is 0. The molecule has 0 aliphatic carbocycles. The van der Waals surface area contributed by atoms with Crippen LogP contribution in [0, 0.1) is 0 Å². The lowest BCUT2D eigenvalue weighted by Crippen LogP contribution is -2.13. The van der Waals surface area contributed by atoms with Crippen LogP contribution in [0.3, 0.4) is 0 Å². The first-order chi connectivity index (χ1) is 4.11. The van der Waals surface area contributed by atoms with Crippen molar-refractivity contribution in [3.63, 3.8) is 0 Å². The van der Waals surface area contributed by atoms with Gasteiger partial charge >= 0.3 is 0 Å². The third kappa shape index (κ3) is 1.21. The number of rotatable bonds is 1. The number of nitrogens with zero attached hydrogens (tertiary/aromatic N) is 3. The van der Waals surface area contributed by atoms with Crippen molar-refractivity contribution >= 4 is 10.0 Å². The average molecular weight is 149 g/mol. The van der Waals surface area contributed by atoms with Crippen molar-refractivity contribution in [1.82, 2.24) is 20.6 Å². The van der Waals surface area contributed by atoms with Crippen LogP contribution in [0.1, 0.15) is 0 Å². The molecule has 50 valence electrons. The molecular weight excluding hydrogens is 146 g/mol. The van der Waals surface area contributed by atoms with Gasteiger partial charge in [-0.1, -0.05) is 5.10 Å². The smallest absolute Gasteiger partial charge is 0.229 e. The van der Waals surface area contributed by atoms with Crippen LogP contribution in [0.4, 0.5) is 0 Å². The van der Waals surface area contributed by atoms with E-state index < -0.39 is 15.2 Å². The van der Waals surface area contributed by atoms with Gasteiger partial charge in [-0.25, -0.2) is 18.7 Å². The topological polar surface area (TPSA) is 115 Å². The molecule has 0 unspecified atom stereocenters. The molecule has 0 atom stereocenters.